The summed E-state index contributed by atoms with van der Waals surface area (Å²) in [7, 11) is 1.85. The third kappa shape index (κ3) is 4.33. The van der Waals surface area contributed by atoms with Crippen LogP contribution in [0, 0.1) is 0 Å². The molecule has 1 saturated heterocycles. The summed E-state index contributed by atoms with van der Waals surface area (Å²) >= 11 is 0. The number of carbonyl (C=O) groups excluding carboxylic acids is 1. The van der Waals surface area contributed by atoms with Crippen molar-refractivity contribution in [1.29, 1.82) is 0 Å². The molecular weight excluding hydrogens is 330 g/mol. The van der Waals surface area contributed by atoms with Crippen molar-refractivity contribution in [3.63, 3.8) is 0 Å². The lowest BCUT2D eigenvalue weighted by Gasteiger charge is -2.35. The van der Waals surface area contributed by atoms with E-state index in [4.69, 9.17) is 9.72 Å². The Balaban J connectivity index is 1.77. The Bertz CT molecular complexity index is 787. The van der Waals surface area contributed by atoms with Gasteiger partial charge in [-0.15, -0.1) is 0 Å². The van der Waals surface area contributed by atoms with E-state index in [2.05, 4.69) is 20.5 Å². The summed E-state index contributed by atoms with van der Waals surface area (Å²) in [5, 5.41) is 6.12. The number of benzene rings is 1. The molecule has 0 bridgehead atoms. The number of carbonyl (C=O) groups is 1. The number of hydrogen-bond donors (Lipinski definition) is 2. The maximum absolute atomic E-state index is 12.1. The van der Waals surface area contributed by atoms with Crippen LogP contribution in [-0.4, -0.2) is 47.8 Å². The van der Waals surface area contributed by atoms with Gasteiger partial charge in [0, 0.05) is 26.2 Å². The van der Waals surface area contributed by atoms with Crippen molar-refractivity contribution in [1.82, 2.24) is 15.3 Å². The van der Waals surface area contributed by atoms with Crippen molar-refractivity contribution in [2.45, 2.75) is 45.3 Å². The van der Waals surface area contributed by atoms with E-state index in [1.807, 2.05) is 52.1 Å². The van der Waals surface area contributed by atoms with Crippen LogP contribution in [0.25, 0.3) is 11.0 Å². The van der Waals surface area contributed by atoms with Crippen LogP contribution in [0.4, 0.5) is 16.4 Å². The van der Waals surface area contributed by atoms with E-state index < -0.39 is 5.60 Å². The van der Waals surface area contributed by atoms with Crippen LogP contribution in [0.3, 0.4) is 0 Å². The van der Waals surface area contributed by atoms with Gasteiger partial charge in [0.1, 0.15) is 5.60 Å². The zero-order chi connectivity index (χ0) is 18.7. The predicted octanol–water partition coefficient (Wildman–Crippen LogP) is 3.17. The van der Waals surface area contributed by atoms with Crippen LogP contribution in [0.1, 0.15) is 33.6 Å². The van der Waals surface area contributed by atoms with Crippen molar-refractivity contribution in [2.24, 2.45) is 0 Å². The van der Waals surface area contributed by atoms with Crippen LogP contribution in [0.5, 0.6) is 0 Å². The van der Waals surface area contributed by atoms with Crippen molar-refractivity contribution in [2.75, 3.05) is 30.4 Å². The molecule has 1 atom stereocenters. The molecule has 7 nitrogen and oxygen atoms in total. The fourth-order valence-electron chi connectivity index (χ4n) is 3.14. The number of hydrogen-bond acceptors (Lipinski definition) is 6. The normalized spacial score (nSPS) is 17.8. The molecule has 0 unspecified atom stereocenters. The van der Waals surface area contributed by atoms with Crippen molar-refractivity contribution in [3.8, 4) is 0 Å². The maximum Gasteiger partial charge on any atom is 0.407 e. The number of anilines is 2. The second-order valence-corrected chi connectivity index (χ2v) is 7.57. The fraction of sp³-hybridized carbons (Fsp3) is 0.526. The van der Waals surface area contributed by atoms with E-state index in [9.17, 15) is 4.79 Å². The molecule has 1 aromatic heterocycles. The van der Waals surface area contributed by atoms with Crippen molar-refractivity contribution in [3.05, 3.63) is 24.3 Å². The van der Waals surface area contributed by atoms with E-state index in [-0.39, 0.29) is 12.1 Å². The summed E-state index contributed by atoms with van der Waals surface area (Å²) in [6.45, 7) is 7.16. The van der Waals surface area contributed by atoms with Crippen LogP contribution in [0.2, 0.25) is 0 Å². The zero-order valence-electron chi connectivity index (χ0n) is 15.9. The quantitative estimate of drug-likeness (QED) is 0.878. The first-order valence-electron chi connectivity index (χ1n) is 9.05. The SMILES string of the molecule is CNc1nc2ccccc2nc1N1CCC[C@H](NC(=O)OC(C)(C)C)C1. The Morgan fingerprint density at radius 3 is 2.58 bits per heavy atom. The maximum atomic E-state index is 12.1. The largest absolute Gasteiger partial charge is 0.444 e. The highest BCUT2D eigenvalue weighted by Gasteiger charge is 2.26. The minimum atomic E-state index is -0.498. The number of fused-ring (bicyclic) bond motifs is 1. The Kier molecular flexibility index (Phi) is 5.15. The van der Waals surface area contributed by atoms with E-state index >= 15 is 0 Å². The minimum Gasteiger partial charge on any atom is -0.444 e. The number of nitrogens with zero attached hydrogens (tertiary/aromatic N) is 3. The molecular formula is C19H27N5O2. The summed E-state index contributed by atoms with van der Waals surface area (Å²) in [5.74, 6) is 1.57. The number of alkyl carbamates (subject to hydrolysis) is 1. The average molecular weight is 357 g/mol. The van der Waals surface area contributed by atoms with E-state index in [0.29, 0.717) is 6.54 Å². The lowest BCUT2D eigenvalue weighted by Crippen LogP contribution is -2.49. The summed E-state index contributed by atoms with van der Waals surface area (Å²) in [4.78, 5) is 23.7. The van der Waals surface area contributed by atoms with Gasteiger partial charge in [-0.25, -0.2) is 14.8 Å². The first-order chi connectivity index (χ1) is 12.4. The highest BCUT2D eigenvalue weighted by Crippen LogP contribution is 2.27. The van der Waals surface area contributed by atoms with Gasteiger partial charge in [-0.1, -0.05) is 12.1 Å². The van der Waals surface area contributed by atoms with Gasteiger partial charge < -0.3 is 20.3 Å². The highest BCUT2D eigenvalue weighted by atomic mass is 16.6. The molecule has 1 aromatic carbocycles. The second-order valence-electron chi connectivity index (χ2n) is 7.57. The molecule has 2 aromatic rings. The van der Waals surface area contributed by atoms with Crippen LogP contribution in [-0.2, 0) is 4.74 Å². The summed E-state index contributed by atoms with van der Waals surface area (Å²) in [6.07, 6.45) is 1.52. The zero-order valence-corrected chi connectivity index (χ0v) is 15.9. The third-order valence-corrected chi connectivity index (χ3v) is 4.23. The smallest absolute Gasteiger partial charge is 0.407 e. The van der Waals surface area contributed by atoms with E-state index in [1.54, 1.807) is 0 Å². The second kappa shape index (κ2) is 7.35. The van der Waals surface area contributed by atoms with E-state index in [0.717, 1.165) is 42.1 Å². The molecule has 1 fully saturated rings. The van der Waals surface area contributed by atoms with Gasteiger partial charge in [-0.2, -0.15) is 0 Å². The summed E-state index contributed by atoms with van der Waals surface area (Å²) in [6, 6.07) is 7.86. The minimum absolute atomic E-state index is 0.0246. The molecule has 0 aliphatic carbocycles. The molecule has 2 N–H and O–H groups in total. The first kappa shape index (κ1) is 18.2. The van der Waals surface area contributed by atoms with Gasteiger partial charge >= 0.3 is 6.09 Å². The molecule has 0 radical (unpaired) electrons. The Morgan fingerprint density at radius 2 is 1.92 bits per heavy atom. The summed E-state index contributed by atoms with van der Waals surface area (Å²) < 4.78 is 5.38. The van der Waals surface area contributed by atoms with Gasteiger partial charge in [0.15, 0.2) is 11.6 Å². The van der Waals surface area contributed by atoms with Gasteiger partial charge in [-0.05, 0) is 45.7 Å². The molecule has 2 heterocycles. The lowest BCUT2D eigenvalue weighted by molar-refractivity contribution is 0.0500. The molecule has 7 heteroatoms. The van der Waals surface area contributed by atoms with Crippen LogP contribution >= 0.6 is 0 Å². The van der Waals surface area contributed by atoms with Crippen LogP contribution in [0.15, 0.2) is 24.3 Å². The Hall–Kier alpha value is -2.57. The lowest BCUT2D eigenvalue weighted by atomic mass is 10.1. The summed E-state index contributed by atoms with van der Waals surface area (Å²) in [5.41, 5.74) is 1.23. The molecule has 26 heavy (non-hydrogen) atoms. The highest BCUT2D eigenvalue weighted by molar-refractivity contribution is 5.80. The number of rotatable bonds is 3. The first-order valence-corrected chi connectivity index (χ1v) is 9.05. The Morgan fingerprint density at radius 1 is 1.23 bits per heavy atom. The average Bonchev–Trinajstić information content (AvgIpc) is 2.59. The fourth-order valence-corrected chi connectivity index (χ4v) is 3.14. The van der Waals surface area contributed by atoms with Gasteiger partial charge in [0.2, 0.25) is 0 Å². The number of aromatic nitrogens is 2. The molecule has 1 aliphatic rings. The number of para-hydroxylation sites is 2. The standard InChI is InChI=1S/C19H27N5O2/c1-19(2,3)26-18(25)21-13-8-7-11-24(12-13)17-16(20-4)22-14-9-5-6-10-15(14)23-17/h5-6,9-10,13H,7-8,11-12H2,1-4H3,(H,20,22)(H,21,25)/t13-/m0/s1. The topological polar surface area (TPSA) is 79.4 Å². The van der Waals surface area contributed by atoms with Crippen LogP contribution < -0.4 is 15.5 Å². The molecule has 3 rings (SSSR count). The van der Waals surface area contributed by atoms with Gasteiger partial charge in [-0.3, -0.25) is 0 Å². The number of piperidine rings is 1. The number of ether oxygens (including phenoxy) is 1. The molecule has 0 spiro atoms. The van der Waals surface area contributed by atoms with Gasteiger partial charge in [0.25, 0.3) is 0 Å². The molecule has 140 valence electrons. The van der Waals surface area contributed by atoms with E-state index in [1.165, 1.54) is 0 Å². The molecule has 1 amide bonds. The molecule has 1 aliphatic heterocycles. The number of nitrogens with one attached hydrogen (secondary N) is 2. The third-order valence-electron chi connectivity index (χ3n) is 4.23. The van der Waals surface area contributed by atoms with Crippen molar-refractivity contribution >= 4 is 28.8 Å². The number of amides is 1. The predicted molar refractivity (Wildman–Crippen MR) is 104 cm³/mol. The van der Waals surface area contributed by atoms with Crippen molar-refractivity contribution < 1.29 is 9.53 Å². The Labute approximate surface area is 154 Å². The van der Waals surface area contributed by atoms with Gasteiger partial charge in [0.05, 0.1) is 11.0 Å². The molecule has 0 saturated carbocycles. The monoisotopic (exact) mass is 357 g/mol.